The summed E-state index contributed by atoms with van der Waals surface area (Å²) < 4.78 is 28.5. The second-order valence-corrected chi connectivity index (χ2v) is 11.2. The van der Waals surface area contributed by atoms with Crippen LogP contribution in [-0.2, 0) is 4.74 Å². The highest BCUT2D eigenvalue weighted by Gasteiger charge is 2.32. The average molecular weight is 561 g/mol. The molecule has 11 heteroatoms. The molecular formula is C29H29FN6O3S. The van der Waals surface area contributed by atoms with E-state index < -0.39 is 5.82 Å². The number of pyridine rings is 2. The van der Waals surface area contributed by atoms with Gasteiger partial charge in [0.25, 0.3) is 0 Å². The minimum absolute atomic E-state index is 0.174. The molecule has 0 aliphatic carbocycles. The Morgan fingerprint density at radius 1 is 1.15 bits per heavy atom. The van der Waals surface area contributed by atoms with Crippen LogP contribution in [0, 0.1) is 5.82 Å². The molecule has 1 aromatic carbocycles. The molecule has 2 aliphatic rings. The lowest BCUT2D eigenvalue weighted by Gasteiger charge is -2.22. The minimum atomic E-state index is -0.516. The van der Waals surface area contributed by atoms with Gasteiger partial charge >= 0.3 is 6.09 Å². The summed E-state index contributed by atoms with van der Waals surface area (Å²) >= 11 is 1.51. The highest BCUT2D eigenvalue weighted by atomic mass is 32.1. The molecule has 5 aromatic rings. The lowest BCUT2D eigenvalue weighted by atomic mass is 10.1. The van der Waals surface area contributed by atoms with Crippen LogP contribution in [0.2, 0.25) is 0 Å². The van der Waals surface area contributed by atoms with Gasteiger partial charge in [0.1, 0.15) is 17.8 Å². The number of carbonyl (C=O) groups excluding carboxylic acids is 1. The molecule has 2 saturated heterocycles. The summed E-state index contributed by atoms with van der Waals surface area (Å²) in [5.41, 5.74) is 5.02. The van der Waals surface area contributed by atoms with Crippen molar-refractivity contribution in [1.29, 1.82) is 0 Å². The van der Waals surface area contributed by atoms with Gasteiger partial charge in [-0.1, -0.05) is 12.1 Å². The van der Waals surface area contributed by atoms with Crippen molar-refractivity contribution in [2.24, 2.45) is 0 Å². The van der Waals surface area contributed by atoms with E-state index in [9.17, 15) is 4.79 Å². The van der Waals surface area contributed by atoms with Gasteiger partial charge < -0.3 is 14.5 Å². The zero-order valence-corrected chi connectivity index (χ0v) is 23.0. The first kappa shape index (κ1) is 25.2. The minimum Gasteiger partial charge on any atom is -0.476 e. The van der Waals surface area contributed by atoms with Gasteiger partial charge in [0.15, 0.2) is 5.82 Å². The second-order valence-electron chi connectivity index (χ2n) is 10.3. The summed E-state index contributed by atoms with van der Waals surface area (Å²) in [6, 6.07) is 7.48. The van der Waals surface area contributed by atoms with Gasteiger partial charge in [0, 0.05) is 35.9 Å². The van der Waals surface area contributed by atoms with Crippen molar-refractivity contribution < 1.29 is 18.7 Å². The Bertz CT molecular complexity index is 1730. The number of para-hydroxylation sites is 1. The van der Waals surface area contributed by atoms with Gasteiger partial charge in [-0.05, 0) is 50.9 Å². The van der Waals surface area contributed by atoms with Gasteiger partial charge in [-0.2, -0.15) is 0 Å². The predicted molar refractivity (Wildman–Crippen MR) is 152 cm³/mol. The Hall–Kier alpha value is -3.83. The molecule has 9 nitrogen and oxygen atoms in total. The number of fused-ring (bicyclic) bond motifs is 4. The molecule has 7 rings (SSSR count). The van der Waals surface area contributed by atoms with Crippen LogP contribution in [-0.4, -0.2) is 75.7 Å². The normalized spacial score (nSPS) is 17.9. The molecule has 2 fully saturated rings. The molecule has 0 bridgehead atoms. The Morgan fingerprint density at radius 2 is 2.02 bits per heavy atom. The van der Waals surface area contributed by atoms with Crippen LogP contribution in [0.5, 0.6) is 5.88 Å². The van der Waals surface area contributed by atoms with Crippen molar-refractivity contribution in [3.05, 3.63) is 47.5 Å². The van der Waals surface area contributed by atoms with E-state index in [1.54, 1.807) is 16.6 Å². The molecule has 40 heavy (non-hydrogen) atoms. The van der Waals surface area contributed by atoms with E-state index in [2.05, 4.69) is 19.9 Å². The summed E-state index contributed by atoms with van der Waals surface area (Å²) in [6.07, 6.45) is 5.37. The number of benzene rings is 1. The lowest BCUT2D eigenvalue weighted by molar-refractivity contribution is 0.118. The van der Waals surface area contributed by atoms with Crippen molar-refractivity contribution in [2.45, 2.75) is 31.7 Å². The van der Waals surface area contributed by atoms with Crippen molar-refractivity contribution in [3.63, 3.8) is 0 Å². The molecule has 1 N–H and O–H groups in total. The van der Waals surface area contributed by atoms with Gasteiger partial charge in [-0.15, -0.1) is 11.3 Å². The van der Waals surface area contributed by atoms with E-state index in [0.29, 0.717) is 41.0 Å². The van der Waals surface area contributed by atoms with Crippen molar-refractivity contribution in [3.8, 4) is 17.1 Å². The Morgan fingerprint density at radius 3 is 2.88 bits per heavy atom. The van der Waals surface area contributed by atoms with E-state index in [4.69, 9.17) is 14.5 Å². The number of halogens is 1. The molecule has 0 radical (unpaired) electrons. The molecule has 4 aromatic heterocycles. The predicted octanol–water partition coefficient (Wildman–Crippen LogP) is 5.90. The summed E-state index contributed by atoms with van der Waals surface area (Å²) in [5.74, 6) is -0.146. The number of H-pyrrole nitrogens is 1. The highest BCUT2D eigenvalue weighted by molar-refractivity contribution is 7.16. The van der Waals surface area contributed by atoms with Crippen LogP contribution in [0.3, 0.4) is 0 Å². The molecule has 0 spiro atoms. The zero-order chi connectivity index (χ0) is 27.2. The number of aromatic amines is 1. The maximum Gasteiger partial charge on any atom is 0.410 e. The van der Waals surface area contributed by atoms with Crippen molar-refractivity contribution >= 4 is 49.5 Å². The smallest absolute Gasteiger partial charge is 0.410 e. The monoisotopic (exact) mass is 560 g/mol. The fourth-order valence-corrected chi connectivity index (χ4v) is 6.75. The number of hydrogen-bond donors (Lipinski definition) is 1. The van der Waals surface area contributed by atoms with E-state index in [-0.39, 0.29) is 23.3 Å². The van der Waals surface area contributed by atoms with Gasteiger partial charge in [-0.3, -0.25) is 14.8 Å². The van der Waals surface area contributed by atoms with Crippen molar-refractivity contribution in [1.82, 2.24) is 29.7 Å². The van der Waals surface area contributed by atoms with Crippen LogP contribution in [0.1, 0.15) is 37.4 Å². The van der Waals surface area contributed by atoms with Crippen LogP contribution in [0.4, 0.5) is 9.18 Å². The molecular weight excluding hydrogens is 531 g/mol. The fraction of sp³-hybridized carbons (Fsp3) is 0.379. The number of aromatic nitrogens is 4. The maximum atomic E-state index is 16.3. The zero-order valence-electron chi connectivity index (χ0n) is 22.2. The van der Waals surface area contributed by atoms with Gasteiger partial charge in [0.05, 0.1) is 39.8 Å². The second kappa shape index (κ2) is 10.3. The lowest BCUT2D eigenvalue weighted by Crippen LogP contribution is -2.30. The fourth-order valence-electron chi connectivity index (χ4n) is 6.05. The maximum absolute atomic E-state index is 16.3. The third kappa shape index (κ3) is 4.24. The summed E-state index contributed by atoms with van der Waals surface area (Å²) in [7, 11) is 1.39. The topological polar surface area (TPSA) is 96.5 Å². The number of likely N-dealkylation sites (tertiary alicyclic amines) is 2. The molecule has 0 saturated carbocycles. The number of nitrogens with zero attached hydrogens (tertiary/aromatic N) is 5. The first-order valence-electron chi connectivity index (χ1n) is 13.7. The largest absolute Gasteiger partial charge is 0.476 e. The number of methoxy groups -OCH3 is 1. The van der Waals surface area contributed by atoms with E-state index in [1.807, 2.05) is 24.3 Å². The first-order valence-corrected chi connectivity index (χ1v) is 14.5. The Balaban J connectivity index is 1.35. The molecule has 206 valence electrons. The quantitative estimate of drug-likeness (QED) is 0.276. The number of hydrogen-bond acceptors (Lipinski definition) is 8. The number of amides is 1. The number of nitrogens with one attached hydrogen (secondary N) is 1. The summed E-state index contributed by atoms with van der Waals surface area (Å²) in [6.45, 7) is 3.98. The van der Waals surface area contributed by atoms with Crippen LogP contribution >= 0.6 is 11.3 Å². The third-order valence-corrected chi connectivity index (χ3v) is 8.82. The molecule has 1 amide bonds. The van der Waals surface area contributed by atoms with Crippen molar-refractivity contribution in [2.75, 3.05) is 39.9 Å². The Labute approximate surface area is 233 Å². The average Bonchev–Trinajstić information content (AvgIpc) is 3.79. The first-order chi connectivity index (χ1) is 19.6. The van der Waals surface area contributed by atoms with E-state index >= 15 is 4.39 Å². The Kier molecular flexibility index (Phi) is 6.47. The van der Waals surface area contributed by atoms with Gasteiger partial charge in [-0.25, -0.2) is 19.2 Å². The number of carbonyl (C=O) groups is 1. The van der Waals surface area contributed by atoms with E-state index in [0.717, 1.165) is 48.3 Å². The summed E-state index contributed by atoms with van der Waals surface area (Å²) in [4.78, 5) is 33.7. The van der Waals surface area contributed by atoms with Gasteiger partial charge in [0.2, 0.25) is 5.88 Å². The molecule has 6 heterocycles. The van der Waals surface area contributed by atoms with Crippen LogP contribution in [0.15, 0.2) is 36.0 Å². The number of ether oxygens (including phenoxy) is 2. The van der Waals surface area contributed by atoms with E-state index in [1.165, 1.54) is 31.3 Å². The van der Waals surface area contributed by atoms with Crippen LogP contribution in [0.25, 0.3) is 43.3 Å². The van der Waals surface area contributed by atoms with Crippen LogP contribution < -0.4 is 4.74 Å². The SMILES string of the molecule is COC(=O)N1CCCC1c1cc2c(OCCN3CCCC3)nc3c(F)c(-c4cccc5scnc45)ncc3c2[nH]1. The number of thiazole rings is 1. The molecule has 2 aliphatic heterocycles. The number of rotatable bonds is 6. The highest BCUT2D eigenvalue weighted by Crippen LogP contribution is 2.40. The third-order valence-electron chi connectivity index (χ3n) is 8.03. The molecule has 1 atom stereocenters. The standard InChI is InChI=1S/C29H29FN6O3S/c1-38-29(37)36-11-5-7-21(36)20-14-18-24(33-20)19-15-31-26(17-6-4-8-22-25(17)32-16-40-22)23(30)27(19)34-28(18)39-13-12-35-9-2-3-10-35/h4,6,8,14-16,21,33H,2-3,5,7,9-13H2,1H3. The molecule has 1 unspecified atom stereocenters. The summed E-state index contributed by atoms with van der Waals surface area (Å²) in [5, 5.41) is 1.30.